The summed E-state index contributed by atoms with van der Waals surface area (Å²) in [7, 11) is 2.37. The number of benzene rings is 1. The molecule has 0 heterocycles. The Labute approximate surface area is 69.7 Å². The predicted molar refractivity (Wildman–Crippen MR) is 42.5 cm³/mol. The Morgan fingerprint density at radius 3 is 2.00 bits per heavy atom. The van der Waals surface area contributed by atoms with Crippen LogP contribution in [0.15, 0.2) is 24.3 Å². The molecule has 0 saturated heterocycles. The molecule has 1 atom stereocenters. The second-order valence-corrected chi connectivity index (χ2v) is 2.78. The van der Waals surface area contributed by atoms with E-state index in [-0.39, 0.29) is 5.75 Å². The topological polar surface area (TPSA) is 9.23 Å². The summed E-state index contributed by atoms with van der Waals surface area (Å²) in [5.74, 6) is -0.200. The van der Waals surface area contributed by atoms with Gasteiger partial charge in [-0.2, -0.15) is 0 Å². The third-order valence-corrected chi connectivity index (χ3v) is 1.50. The van der Waals surface area contributed by atoms with Gasteiger partial charge in [0, 0.05) is 0 Å². The van der Waals surface area contributed by atoms with Gasteiger partial charge >= 0.3 is 6.36 Å². The molecule has 0 aliphatic rings. The van der Waals surface area contributed by atoms with E-state index < -0.39 is 6.36 Å². The molecule has 0 aromatic heterocycles. The van der Waals surface area contributed by atoms with Crippen molar-refractivity contribution in [1.82, 2.24) is 0 Å². The zero-order valence-corrected chi connectivity index (χ0v) is 7.08. The van der Waals surface area contributed by atoms with Gasteiger partial charge in [-0.15, -0.1) is 22.4 Å². The highest BCUT2D eigenvalue weighted by molar-refractivity contribution is 7.27. The number of hydrogen-bond donors (Lipinski definition) is 0. The Kier molecular flexibility index (Phi) is 2.58. The average molecular weight is 194 g/mol. The molecular formula is C7H6F3OP. The molecule has 1 unspecified atom stereocenters. The summed E-state index contributed by atoms with van der Waals surface area (Å²) >= 11 is 0. The fourth-order valence-corrected chi connectivity index (χ4v) is 0.862. The summed E-state index contributed by atoms with van der Waals surface area (Å²) in [5.41, 5.74) is 0. The molecule has 1 aromatic rings. The van der Waals surface area contributed by atoms with Crippen molar-refractivity contribution < 1.29 is 17.9 Å². The normalized spacial score (nSPS) is 11.3. The van der Waals surface area contributed by atoms with Gasteiger partial charge in [0.05, 0.1) is 0 Å². The fraction of sp³-hybridized carbons (Fsp3) is 0.143. The van der Waals surface area contributed by atoms with E-state index in [0.717, 1.165) is 5.30 Å². The van der Waals surface area contributed by atoms with Gasteiger partial charge < -0.3 is 4.74 Å². The lowest BCUT2D eigenvalue weighted by molar-refractivity contribution is -0.274. The van der Waals surface area contributed by atoms with E-state index in [1.54, 1.807) is 0 Å². The van der Waals surface area contributed by atoms with Crippen LogP contribution in [0.5, 0.6) is 5.75 Å². The minimum atomic E-state index is -4.61. The van der Waals surface area contributed by atoms with Crippen LogP contribution in [-0.4, -0.2) is 6.36 Å². The van der Waals surface area contributed by atoms with Crippen molar-refractivity contribution in [2.45, 2.75) is 6.36 Å². The molecule has 0 aliphatic heterocycles. The average Bonchev–Trinajstić information content (AvgIpc) is 1.91. The standard InChI is InChI=1S/C7H6F3OP/c8-7(9,10)11-5-1-3-6(12)4-2-5/h1-4H,12H2. The third-order valence-electron chi connectivity index (χ3n) is 1.11. The van der Waals surface area contributed by atoms with Crippen molar-refractivity contribution >= 4 is 14.5 Å². The molecule has 0 fully saturated rings. The number of rotatable bonds is 1. The zero-order valence-electron chi connectivity index (χ0n) is 5.93. The van der Waals surface area contributed by atoms with Gasteiger partial charge in [-0.3, -0.25) is 0 Å². The van der Waals surface area contributed by atoms with Crippen LogP contribution in [0.1, 0.15) is 0 Å². The second kappa shape index (κ2) is 3.31. The van der Waals surface area contributed by atoms with Crippen LogP contribution >= 0.6 is 9.24 Å². The highest BCUT2D eigenvalue weighted by atomic mass is 31.0. The van der Waals surface area contributed by atoms with Crippen LogP contribution in [-0.2, 0) is 0 Å². The van der Waals surface area contributed by atoms with Gasteiger partial charge in [0.2, 0.25) is 0 Å². The maximum Gasteiger partial charge on any atom is 0.573 e. The monoisotopic (exact) mass is 194 g/mol. The number of alkyl halides is 3. The molecule has 66 valence electrons. The number of halogens is 3. The van der Waals surface area contributed by atoms with E-state index in [4.69, 9.17) is 0 Å². The van der Waals surface area contributed by atoms with Gasteiger partial charge in [0.25, 0.3) is 0 Å². The lowest BCUT2D eigenvalue weighted by Gasteiger charge is -2.07. The first-order valence-electron chi connectivity index (χ1n) is 3.09. The molecule has 1 nitrogen and oxygen atoms in total. The van der Waals surface area contributed by atoms with Crippen molar-refractivity contribution in [3.8, 4) is 5.75 Å². The van der Waals surface area contributed by atoms with Crippen molar-refractivity contribution in [3.05, 3.63) is 24.3 Å². The third kappa shape index (κ3) is 3.09. The first-order valence-corrected chi connectivity index (χ1v) is 3.66. The molecule has 12 heavy (non-hydrogen) atoms. The van der Waals surface area contributed by atoms with Crippen molar-refractivity contribution in [2.24, 2.45) is 0 Å². The molecule has 0 spiro atoms. The Balaban J connectivity index is 2.71. The molecular weight excluding hydrogens is 188 g/mol. The number of ether oxygens (including phenoxy) is 1. The summed E-state index contributed by atoms with van der Waals surface area (Å²) < 4.78 is 38.5. The highest BCUT2D eigenvalue weighted by Gasteiger charge is 2.30. The summed E-state index contributed by atoms with van der Waals surface area (Å²) in [6, 6.07) is 5.56. The quantitative estimate of drug-likeness (QED) is 0.622. The summed E-state index contributed by atoms with van der Waals surface area (Å²) in [6.07, 6.45) is -4.61. The van der Waals surface area contributed by atoms with E-state index in [2.05, 4.69) is 14.0 Å². The van der Waals surface area contributed by atoms with Gasteiger partial charge in [-0.1, -0.05) is 12.1 Å². The SMILES string of the molecule is FC(F)(F)Oc1ccc(P)cc1. The first kappa shape index (κ1) is 9.33. The minimum absolute atomic E-state index is 0.200. The largest absolute Gasteiger partial charge is 0.573 e. The van der Waals surface area contributed by atoms with Gasteiger partial charge in [-0.25, -0.2) is 0 Å². The van der Waals surface area contributed by atoms with Crippen LogP contribution in [0.2, 0.25) is 0 Å². The lowest BCUT2D eigenvalue weighted by Crippen LogP contribution is -2.17. The Morgan fingerprint density at radius 2 is 1.58 bits per heavy atom. The zero-order chi connectivity index (χ0) is 9.19. The van der Waals surface area contributed by atoms with Crippen molar-refractivity contribution in [1.29, 1.82) is 0 Å². The number of hydrogen-bond acceptors (Lipinski definition) is 1. The Bertz CT molecular complexity index is 254. The first-order chi connectivity index (χ1) is 5.47. The minimum Gasteiger partial charge on any atom is -0.406 e. The molecule has 0 bridgehead atoms. The van der Waals surface area contributed by atoms with Crippen LogP contribution < -0.4 is 10.0 Å². The lowest BCUT2D eigenvalue weighted by atomic mass is 10.3. The van der Waals surface area contributed by atoms with E-state index in [9.17, 15) is 13.2 Å². The van der Waals surface area contributed by atoms with Crippen molar-refractivity contribution in [3.63, 3.8) is 0 Å². The van der Waals surface area contributed by atoms with Gasteiger partial charge in [-0.05, 0) is 17.4 Å². The van der Waals surface area contributed by atoms with E-state index >= 15 is 0 Å². The summed E-state index contributed by atoms with van der Waals surface area (Å²) in [6.45, 7) is 0. The summed E-state index contributed by atoms with van der Waals surface area (Å²) in [4.78, 5) is 0. The maximum absolute atomic E-state index is 11.6. The molecule has 5 heteroatoms. The Hall–Kier alpha value is -0.760. The molecule has 0 N–H and O–H groups in total. The predicted octanol–water partition coefficient (Wildman–Crippen LogP) is 2.09. The van der Waals surface area contributed by atoms with Gasteiger partial charge in [0.15, 0.2) is 0 Å². The molecule has 1 rings (SSSR count). The molecule has 0 aliphatic carbocycles. The fourth-order valence-electron chi connectivity index (χ4n) is 0.669. The van der Waals surface area contributed by atoms with E-state index in [0.29, 0.717) is 0 Å². The van der Waals surface area contributed by atoms with Crippen LogP contribution in [0, 0.1) is 0 Å². The Morgan fingerprint density at radius 1 is 1.08 bits per heavy atom. The molecule has 1 aromatic carbocycles. The molecule has 0 saturated carbocycles. The smallest absolute Gasteiger partial charge is 0.406 e. The van der Waals surface area contributed by atoms with Crippen LogP contribution in [0.3, 0.4) is 0 Å². The second-order valence-electron chi connectivity index (χ2n) is 2.12. The summed E-state index contributed by atoms with van der Waals surface area (Å²) in [5, 5.41) is 0.810. The van der Waals surface area contributed by atoms with Crippen LogP contribution in [0.25, 0.3) is 0 Å². The van der Waals surface area contributed by atoms with E-state index in [1.165, 1.54) is 24.3 Å². The van der Waals surface area contributed by atoms with Gasteiger partial charge in [0.1, 0.15) is 5.75 Å². The van der Waals surface area contributed by atoms with Crippen LogP contribution in [0.4, 0.5) is 13.2 Å². The molecule has 0 radical (unpaired) electrons. The van der Waals surface area contributed by atoms with E-state index in [1.807, 2.05) is 0 Å². The maximum atomic E-state index is 11.6. The highest BCUT2D eigenvalue weighted by Crippen LogP contribution is 2.21. The van der Waals surface area contributed by atoms with Crippen molar-refractivity contribution in [2.75, 3.05) is 0 Å². The molecule has 0 amide bonds.